The molecule has 0 aromatic rings. The maximum atomic E-state index is 10.3. The minimum atomic E-state index is -1.57. The summed E-state index contributed by atoms with van der Waals surface area (Å²) in [6, 6.07) is -2.66. The zero-order chi connectivity index (χ0) is 22.6. The van der Waals surface area contributed by atoms with E-state index in [1.54, 1.807) is 0 Å². The van der Waals surface area contributed by atoms with Gasteiger partial charge < -0.3 is 59.4 Å². The molecule has 31 heavy (non-hydrogen) atoms. The van der Waals surface area contributed by atoms with E-state index >= 15 is 0 Å². The number of carbonyl (C=O) groups excluding carboxylic acids is 6. The Morgan fingerprint density at radius 1 is 0.516 bits per heavy atom. The van der Waals surface area contributed by atoms with Gasteiger partial charge in [0.15, 0.2) is 0 Å². The number of carboxylic acid groups (broad SMARTS) is 6. The molecule has 0 saturated heterocycles. The zero-order valence-corrected chi connectivity index (χ0v) is 18.5. The van der Waals surface area contributed by atoms with E-state index in [4.69, 9.17) is 0 Å². The smallest absolute Gasteiger partial charge is 0.549 e. The molecule has 0 aliphatic carbocycles. The average molecular weight is 595 g/mol. The van der Waals surface area contributed by atoms with Crippen molar-refractivity contribution >= 4 is 35.8 Å². The van der Waals surface area contributed by atoms with Crippen LogP contribution < -0.4 is 30.6 Å². The Morgan fingerprint density at radius 3 is 0.774 bits per heavy atom. The molecule has 0 rings (SSSR count). The fourth-order valence-electron chi connectivity index (χ4n) is 1.62. The average Bonchev–Trinajstić information content (AvgIpc) is 2.50. The molecule has 0 saturated carbocycles. The van der Waals surface area contributed by atoms with Gasteiger partial charge in [0.25, 0.3) is 0 Å². The number of carboxylic acids is 6. The molecule has 2 atom stereocenters. The summed E-state index contributed by atoms with van der Waals surface area (Å²) in [6.07, 6.45) is 0. The Balaban J connectivity index is -0.000000133. The van der Waals surface area contributed by atoms with Crippen molar-refractivity contribution in [3.63, 3.8) is 0 Å². The number of hydrogen-bond acceptors (Lipinski definition) is 14. The minimum absolute atomic E-state index is 0. The van der Waals surface area contributed by atoms with Crippen molar-refractivity contribution in [1.82, 2.24) is 9.80 Å². The van der Waals surface area contributed by atoms with Gasteiger partial charge in [-0.05, 0) is 13.8 Å². The quantitative estimate of drug-likeness (QED) is 0.190. The van der Waals surface area contributed by atoms with Crippen molar-refractivity contribution in [2.75, 3.05) is 26.2 Å². The van der Waals surface area contributed by atoms with Gasteiger partial charge in [0.1, 0.15) is 0 Å². The summed E-state index contributed by atoms with van der Waals surface area (Å²) in [5.74, 6) is -9.41. The van der Waals surface area contributed by atoms with Gasteiger partial charge in [-0.3, -0.25) is 9.80 Å². The monoisotopic (exact) mass is 593 g/mol. The van der Waals surface area contributed by atoms with Gasteiger partial charge in [0.2, 0.25) is 0 Å². The van der Waals surface area contributed by atoms with Crippen molar-refractivity contribution in [2.24, 2.45) is 0 Å². The van der Waals surface area contributed by atoms with E-state index in [-0.39, 0.29) is 51.2 Å². The van der Waals surface area contributed by atoms with Crippen molar-refractivity contribution < 1.29 is 111 Å². The molecule has 0 aromatic heterocycles. The van der Waals surface area contributed by atoms with Crippen LogP contribution in [0, 0.1) is 0 Å². The third kappa shape index (κ3) is 21.3. The molecule has 17 heteroatoms. The Hall–Kier alpha value is -1.70. The van der Waals surface area contributed by atoms with Gasteiger partial charge in [0, 0.05) is 38.3 Å². The molecule has 0 bridgehead atoms. The van der Waals surface area contributed by atoms with Crippen molar-refractivity contribution in [1.29, 1.82) is 0 Å². The van der Waals surface area contributed by atoms with E-state index < -0.39 is 74.1 Å². The molecule has 0 fully saturated rings. The fourth-order valence-corrected chi connectivity index (χ4v) is 1.62. The molecule has 0 aliphatic rings. The third-order valence-corrected chi connectivity index (χ3v) is 3.11. The zero-order valence-electron chi connectivity index (χ0n) is 15.7. The second-order valence-corrected chi connectivity index (χ2v) is 5.29. The predicted octanol–water partition coefficient (Wildman–Crippen LogP) is -10.2. The Morgan fingerprint density at radius 2 is 0.677 bits per heavy atom. The third-order valence-electron chi connectivity index (χ3n) is 3.11. The maximum Gasteiger partial charge on any atom is 2.00 e. The Labute approximate surface area is 208 Å². The summed E-state index contributed by atoms with van der Waals surface area (Å²) < 4.78 is 0. The number of carbonyl (C=O) groups is 6. The van der Waals surface area contributed by atoms with E-state index in [0.29, 0.717) is 9.80 Å². The van der Waals surface area contributed by atoms with Gasteiger partial charge in [0.05, 0.1) is 35.8 Å². The van der Waals surface area contributed by atoms with Crippen LogP contribution in [-0.4, -0.2) is 83.9 Å². The first kappa shape index (κ1) is 39.7. The molecule has 187 valence electrons. The molecule has 0 heterocycles. The minimum Gasteiger partial charge on any atom is -0.549 e. The van der Waals surface area contributed by atoms with Crippen LogP contribution in [-0.2, 0) is 80.0 Å². The standard InChI is InChI=1S/2C7H11NO6.3Cu/c2*1-4(7(13)14)8(2-5(9)10)3-6(11)12;;;/h2*4H,2-3H2,1H3,(H,9,10)(H,11,12)(H,13,14);;;/q;;3*+2/p-6/t2*4-;;;/m00.../s1. The fraction of sp³-hybridized carbons (Fsp3) is 0.571. The molecule has 0 spiro atoms. The maximum absolute atomic E-state index is 10.3. The van der Waals surface area contributed by atoms with Crippen LogP contribution in [0.25, 0.3) is 0 Å². The van der Waals surface area contributed by atoms with Crippen molar-refractivity contribution in [3.05, 3.63) is 0 Å². The van der Waals surface area contributed by atoms with Gasteiger partial charge in [-0.2, -0.15) is 0 Å². The molecular formula is C14H16Cu3N2O12. The SMILES string of the molecule is C[C@@H](C(=O)[O-])N(CC(=O)[O-])CC(=O)[O-].C[C@@H](C(=O)[O-])N(CC(=O)[O-])CC(=O)[O-].[Cu+2].[Cu+2].[Cu+2]. The summed E-state index contributed by atoms with van der Waals surface area (Å²) >= 11 is 0. The molecule has 0 unspecified atom stereocenters. The molecule has 3 radical (unpaired) electrons. The van der Waals surface area contributed by atoms with Gasteiger partial charge in [-0.25, -0.2) is 0 Å². The van der Waals surface area contributed by atoms with Crippen LogP contribution in [0.1, 0.15) is 13.8 Å². The van der Waals surface area contributed by atoms with Crippen LogP contribution >= 0.6 is 0 Å². The van der Waals surface area contributed by atoms with E-state index in [0.717, 1.165) is 13.8 Å². The van der Waals surface area contributed by atoms with Crippen LogP contribution in [0.15, 0.2) is 0 Å². The number of rotatable bonds is 12. The first-order valence-electron chi connectivity index (χ1n) is 7.38. The molecule has 0 aromatic carbocycles. The first-order valence-corrected chi connectivity index (χ1v) is 7.38. The summed E-state index contributed by atoms with van der Waals surface area (Å²) in [6.45, 7) is -0.985. The van der Waals surface area contributed by atoms with Crippen LogP contribution in [0.5, 0.6) is 0 Å². The molecule has 0 N–H and O–H groups in total. The summed E-state index contributed by atoms with van der Waals surface area (Å²) in [7, 11) is 0. The molecule has 0 aliphatic heterocycles. The van der Waals surface area contributed by atoms with Crippen molar-refractivity contribution in [3.8, 4) is 0 Å². The van der Waals surface area contributed by atoms with Gasteiger partial charge >= 0.3 is 51.2 Å². The van der Waals surface area contributed by atoms with Gasteiger partial charge in [-0.1, -0.05) is 0 Å². The number of hydrogen-bond donors (Lipinski definition) is 0. The Bertz CT molecular complexity index is 535. The predicted molar refractivity (Wildman–Crippen MR) is 72.1 cm³/mol. The second kappa shape index (κ2) is 20.2. The largest absolute Gasteiger partial charge is 2.00 e. The van der Waals surface area contributed by atoms with E-state index in [1.807, 2.05) is 0 Å². The van der Waals surface area contributed by atoms with E-state index in [9.17, 15) is 59.4 Å². The van der Waals surface area contributed by atoms with Crippen LogP contribution in [0.4, 0.5) is 0 Å². The van der Waals surface area contributed by atoms with Crippen LogP contribution in [0.2, 0.25) is 0 Å². The summed E-state index contributed by atoms with van der Waals surface area (Å²) in [5, 5.41) is 61.2. The first-order chi connectivity index (χ1) is 12.7. The number of aliphatic carboxylic acids is 6. The molecule has 0 amide bonds. The molecule has 14 nitrogen and oxygen atoms in total. The second-order valence-electron chi connectivity index (χ2n) is 5.29. The normalized spacial score (nSPS) is 11.2. The van der Waals surface area contributed by atoms with Gasteiger partial charge in [-0.15, -0.1) is 0 Å². The number of nitrogens with zero attached hydrogens (tertiary/aromatic N) is 2. The molecular weight excluding hydrogens is 579 g/mol. The summed E-state index contributed by atoms with van der Waals surface area (Å²) in [4.78, 5) is 62.5. The van der Waals surface area contributed by atoms with Crippen LogP contribution in [0.3, 0.4) is 0 Å². The van der Waals surface area contributed by atoms with E-state index in [1.165, 1.54) is 0 Å². The van der Waals surface area contributed by atoms with E-state index in [2.05, 4.69) is 0 Å². The Kier molecular flexibility index (Phi) is 25.9. The topological polar surface area (TPSA) is 247 Å². The van der Waals surface area contributed by atoms with Crippen molar-refractivity contribution in [2.45, 2.75) is 25.9 Å². The summed E-state index contributed by atoms with van der Waals surface area (Å²) in [5.41, 5.74) is 0.